The Kier molecular flexibility index (Phi) is 4.62. The number of nitrogens with one attached hydrogen (secondary N) is 1. The number of nitrogens with two attached hydrogens (primary N) is 1. The Balaban J connectivity index is 2.45. The fourth-order valence-corrected chi connectivity index (χ4v) is 2.95. The highest BCUT2D eigenvalue weighted by atomic mass is 32.2. The number of benzene rings is 2. The van der Waals surface area contributed by atoms with E-state index in [1.165, 1.54) is 12.1 Å². The molecule has 0 fully saturated rings. The maximum atomic E-state index is 13.4. The Bertz CT molecular complexity index is 636. The molecule has 0 spiro atoms. The van der Waals surface area contributed by atoms with Crippen LogP contribution >= 0.6 is 24.0 Å². The van der Waals surface area contributed by atoms with Crippen molar-refractivity contribution < 1.29 is 4.39 Å². The highest BCUT2D eigenvalue weighted by molar-refractivity contribution is 7.98. The number of hydrogen-bond donors (Lipinski definition) is 2. The van der Waals surface area contributed by atoms with Gasteiger partial charge in [0.25, 0.3) is 0 Å². The van der Waals surface area contributed by atoms with E-state index in [-0.39, 0.29) is 5.82 Å². The highest BCUT2D eigenvalue weighted by Crippen LogP contribution is 2.29. The summed E-state index contributed by atoms with van der Waals surface area (Å²) in [6.45, 7) is 1.85. The van der Waals surface area contributed by atoms with Crippen LogP contribution in [0.5, 0.6) is 0 Å². The smallest absolute Gasteiger partial charge is 0.125 e. The quantitative estimate of drug-likeness (QED) is 0.655. The van der Waals surface area contributed by atoms with Crippen molar-refractivity contribution in [2.24, 2.45) is 5.73 Å². The molecular formula is C15H15FN2S2. The van der Waals surface area contributed by atoms with Gasteiger partial charge in [-0.3, -0.25) is 0 Å². The Morgan fingerprint density at radius 2 is 2.05 bits per heavy atom. The van der Waals surface area contributed by atoms with Crippen LogP contribution in [0.15, 0.2) is 41.3 Å². The molecule has 0 heterocycles. The van der Waals surface area contributed by atoms with Gasteiger partial charge in [0, 0.05) is 21.8 Å². The summed E-state index contributed by atoms with van der Waals surface area (Å²) in [5.74, 6) is -0.273. The number of rotatable bonds is 4. The first-order valence-corrected chi connectivity index (χ1v) is 7.65. The lowest BCUT2D eigenvalue weighted by Gasteiger charge is -2.14. The molecule has 0 saturated heterocycles. The highest BCUT2D eigenvalue weighted by Gasteiger charge is 2.11. The van der Waals surface area contributed by atoms with Gasteiger partial charge in [0.15, 0.2) is 0 Å². The fourth-order valence-electron chi connectivity index (χ4n) is 2.02. The van der Waals surface area contributed by atoms with Crippen LogP contribution in [0.25, 0.3) is 0 Å². The summed E-state index contributed by atoms with van der Waals surface area (Å²) in [7, 11) is 0. The monoisotopic (exact) mass is 306 g/mol. The second-order valence-corrected chi connectivity index (χ2v) is 5.68. The van der Waals surface area contributed by atoms with Gasteiger partial charge in [-0.25, -0.2) is 4.39 Å². The maximum Gasteiger partial charge on any atom is 0.125 e. The van der Waals surface area contributed by atoms with Crippen LogP contribution in [0.2, 0.25) is 0 Å². The minimum absolute atomic E-state index is 0.273. The predicted molar refractivity (Wildman–Crippen MR) is 88.5 cm³/mol. The lowest BCUT2D eigenvalue weighted by molar-refractivity contribution is 0.627. The SMILES string of the molecule is CSc1cccc(Nc2cc(C)cc(F)c2)c1C(N)=S. The molecule has 2 aromatic carbocycles. The molecule has 5 heteroatoms. The van der Waals surface area contributed by atoms with E-state index in [1.807, 2.05) is 37.4 Å². The van der Waals surface area contributed by atoms with Crippen LogP contribution in [0.1, 0.15) is 11.1 Å². The predicted octanol–water partition coefficient (Wildman–Crippen LogP) is 4.23. The van der Waals surface area contributed by atoms with Gasteiger partial charge in [-0.05, 0) is 49.1 Å². The third kappa shape index (κ3) is 3.29. The number of anilines is 2. The third-order valence-corrected chi connectivity index (χ3v) is 3.80. The lowest BCUT2D eigenvalue weighted by atomic mass is 10.1. The van der Waals surface area contributed by atoms with Crippen LogP contribution in [0.4, 0.5) is 15.8 Å². The Morgan fingerprint density at radius 3 is 2.65 bits per heavy atom. The van der Waals surface area contributed by atoms with Gasteiger partial charge in [-0.2, -0.15) is 0 Å². The minimum Gasteiger partial charge on any atom is -0.389 e. The van der Waals surface area contributed by atoms with E-state index in [4.69, 9.17) is 18.0 Å². The van der Waals surface area contributed by atoms with E-state index in [1.54, 1.807) is 11.8 Å². The number of thioether (sulfide) groups is 1. The van der Waals surface area contributed by atoms with Gasteiger partial charge in [0.05, 0.1) is 0 Å². The fraction of sp³-hybridized carbons (Fsp3) is 0.133. The number of halogens is 1. The van der Waals surface area contributed by atoms with Gasteiger partial charge in [-0.15, -0.1) is 11.8 Å². The standard InChI is InChI=1S/C15H15FN2S2/c1-9-6-10(16)8-11(7-9)18-12-4-3-5-13(20-2)14(12)15(17)19/h3-8,18H,1-2H3,(H2,17,19). The Hall–Kier alpha value is -1.59. The van der Waals surface area contributed by atoms with Crippen LogP contribution < -0.4 is 11.1 Å². The van der Waals surface area contributed by atoms with Crippen molar-refractivity contribution in [2.45, 2.75) is 11.8 Å². The Labute approximate surface area is 127 Å². The van der Waals surface area contributed by atoms with Crippen LogP contribution in [-0.4, -0.2) is 11.2 Å². The average molecular weight is 306 g/mol. The van der Waals surface area contributed by atoms with Crippen molar-refractivity contribution in [3.05, 3.63) is 53.3 Å². The van der Waals surface area contributed by atoms with E-state index in [0.717, 1.165) is 21.7 Å². The molecule has 20 heavy (non-hydrogen) atoms. The van der Waals surface area contributed by atoms with Crippen molar-refractivity contribution in [2.75, 3.05) is 11.6 Å². The lowest BCUT2D eigenvalue weighted by Crippen LogP contribution is -2.13. The Morgan fingerprint density at radius 1 is 1.30 bits per heavy atom. The zero-order chi connectivity index (χ0) is 14.7. The molecule has 0 radical (unpaired) electrons. The third-order valence-electron chi connectivity index (χ3n) is 2.81. The molecule has 0 bridgehead atoms. The van der Waals surface area contributed by atoms with Crippen molar-refractivity contribution in [3.8, 4) is 0 Å². The molecule has 0 atom stereocenters. The van der Waals surface area contributed by atoms with Crippen molar-refractivity contribution in [3.63, 3.8) is 0 Å². The summed E-state index contributed by atoms with van der Waals surface area (Å²) < 4.78 is 13.4. The average Bonchev–Trinajstić information content (AvgIpc) is 2.36. The second kappa shape index (κ2) is 6.24. The summed E-state index contributed by atoms with van der Waals surface area (Å²) in [4.78, 5) is 1.32. The molecule has 0 saturated carbocycles. The molecule has 2 nitrogen and oxygen atoms in total. The first-order chi connectivity index (χ1) is 9.51. The van der Waals surface area contributed by atoms with Gasteiger partial charge in [0.1, 0.15) is 10.8 Å². The first kappa shape index (κ1) is 14.8. The number of aryl methyl sites for hydroxylation is 1. The van der Waals surface area contributed by atoms with Crippen LogP contribution in [0, 0.1) is 12.7 Å². The second-order valence-electron chi connectivity index (χ2n) is 4.39. The zero-order valence-electron chi connectivity index (χ0n) is 11.2. The van der Waals surface area contributed by atoms with Crippen molar-refractivity contribution in [1.82, 2.24) is 0 Å². The summed E-state index contributed by atoms with van der Waals surface area (Å²) >= 11 is 6.69. The zero-order valence-corrected chi connectivity index (χ0v) is 12.9. The molecule has 0 aliphatic carbocycles. The molecule has 2 rings (SSSR count). The topological polar surface area (TPSA) is 38.0 Å². The summed E-state index contributed by atoms with van der Waals surface area (Å²) in [5.41, 5.74) is 8.91. The summed E-state index contributed by atoms with van der Waals surface area (Å²) in [6, 6.07) is 10.6. The molecule has 104 valence electrons. The molecule has 2 aromatic rings. The number of hydrogen-bond acceptors (Lipinski definition) is 3. The first-order valence-electron chi connectivity index (χ1n) is 6.02. The largest absolute Gasteiger partial charge is 0.389 e. The molecule has 3 N–H and O–H groups in total. The van der Waals surface area contributed by atoms with E-state index >= 15 is 0 Å². The van der Waals surface area contributed by atoms with E-state index < -0.39 is 0 Å². The van der Waals surface area contributed by atoms with Crippen molar-refractivity contribution >= 4 is 40.3 Å². The number of thiocarbonyl (C=S) groups is 1. The molecule has 0 aliphatic heterocycles. The summed E-state index contributed by atoms with van der Waals surface area (Å²) in [5, 5.41) is 3.19. The van der Waals surface area contributed by atoms with Crippen LogP contribution in [0.3, 0.4) is 0 Å². The molecule has 0 amide bonds. The van der Waals surface area contributed by atoms with Gasteiger partial charge < -0.3 is 11.1 Å². The van der Waals surface area contributed by atoms with E-state index in [2.05, 4.69) is 5.32 Å². The normalized spacial score (nSPS) is 10.3. The maximum absolute atomic E-state index is 13.4. The van der Waals surface area contributed by atoms with E-state index in [9.17, 15) is 4.39 Å². The van der Waals surface area contributed by atoms with Gasteiger partial charge in [-0.1, -0.05) is 18.3 Å². The van der Waals surface area contributed by atoms with Crippen LogP contribution in [-0.2, 0) is 0 Å². The minimum atomic E-state index is -0.273. The van der Waals surface area contributed by atoms with Gasteiger partial charge >= 0.3 is 0 Å². The molecule has 0 aliphatic rings. The molecule has 0 unspecified atom stereocenters. The van der Waals surface area contributed by atoms with Crippen molar-refractivity contribution in [1.29, 1.82) is 0 Å². The summed E-state index contributed by atoms with van der Waals surface area (Å²) in [6.07, 6.45) is 1.97. The van der Waals surface area contributed by atoms with Gasteiger partial charge in [0.2, 0.25) is 0 Å². The molecular weight excluding hydrogens is 291 g/mol. The molecule has 0 aromatic heterocycles. The van der Waals surface area contributed by atoms with E-state index in [0.29, 0.717) is 10.7 Å².